The minimum absolute atomic E-state index is 0.107. The van der Waals surface area contributed by atoms with Crippen molar-refractivity contribution in [3.63, 3.8) is 0 Å². The summed E-state index contributed by atoms with van der Waals surface area (Å²) in [5.41, 5.74) is 1.10. The molecule has 0 aliphatic rings. The van der Waals surface area contributed by atoms with E-state index in [0.29, 0.717) is 24.6 Å². The van der Waals surface area contributed by atoms with Crippen molar-refractivity contribution in [1.82, 2.24) is 24.9 Å². The fraction of sp³-hybridized carbons (Fsp3) is 0.368. The van der Waals surface area contributed by atoms with Gasteiger partial charge >= 0.3 is 0 Å². The highest BCUT2D eigenvalue weighted by molar-refractivity contribution is 5.96. The molecule has 3 aromatic rings. The Balaban J connectivity index is 1.85. The van der Waals surface area contributed by atoms with E-state index in [1.54, 1.807) is 25.4 Å². The second-order valence-electron chi connectivity index (χ2n) is 6.38. The number of hydrogen-bond donors (Lipinski definition) is 1. The maximum absolute atomic E-state index is 12.9. The SMILES string of the molecule is COCCOc1ncccc1C(=O)N[C@@H](c1nnc2ccccn12)C(C)C. The number of amides is 1. The van der Waals surface area contributed by atoms with E-state index in [9.17, 15) is 4.79 Å². The molecule has 0 aliphatic heterocycles. The Morgan fingerprint density at radius 3 is 2.81 bits per heavy atom. The first-order valence-corrected chi connectivity index (χ1v) is 8.79. The van der Waals surface area contributed by atoms with Gasteiger partial charge in [0.05, 0.1) is 12.6 Å². The Morgan fingerprint density at radius 1 is 1.19 bits per heavy atom. The van der Waals surface area contributed by atoms with Crippen LogP contribution in [0, 0.1) is 5.92 Å². The fourth-order valence-electron chi connectivity index (χ4n) is 2.72. The molecule has 0 aliphatic carbocycles. The number of carbonyl (C=O) groups is 1. The van der Waals surface area contributed by atoms with Crippen LogP contribution in [0.3, 0.4) is 0 Å². The van der Waals surface area contributed by atoms with Crippen molar-refractivity contribution >= 4 is 11.6 Å². The molecule has 0 unspecified atom stereocenters. The second-order valence-corrected chi connectivity index (χ2v) is 6.38. The van der Waals surface area contributed by atoms with Crippen LogP contribution < -0.4 is 10.1 Å². The van der Waals surface area contributed by atoms with Crippen LogP contribution in [0.15, 0.2) is 42.7 Å². The highest BCUT2D eigenvalue weighted by atomic mass is 16.5. The van der Waals surface area contributed by atoms with Gasteiger partial charge in [0.25, 0.3) is 5.91 Å². The molecule has 142 valence electrons. The van der Waals surface area contributed by atoms with Gasteiger partial charge in [0.15, 0.2) is 11.5 Å². The van der Waals surface area contributed by atoms with E-state index in [1.807, 2.05) is 42.6 Å². The van der Waals surface area contributed by atoms with Gasteiger partial charge in [-0.25, -0.2) is 4.98 Å². The van der Waals surface area contributed by atoms with Crippen molar-refractivity contribution in [1.29, 1.82) is 0 Å². The number of aromatic nitrogens is 4. The van der Waals surface area contributed by atoms with Crippen LogP contribution in [0.2, 0.25) is 0 Å². The molecule has 3 rings (SSSR count). The average molecular weight is 369 g/mol. The molecule has 3 aromatic heterocycles. The normalized spacial score (nSPS) is 12.3. The summed E-state index contributed by atoms with van der Waals surface area (Å²) in [5, 5.41) is 11.5. The Bertz CT molecular complexity index is 909. The fourth-order valence-corrected chi connectivity index (χ4v) is 2.72. The first-order valence-electron chi connectivity index (χ1n) is 8.79. The van der Waals surface area contributed by atoms with E-state index in [0.717, 1.165) is 5.65 Å². The van der Waals surface area contributed by atoms with Crippen LogP contribution in [-0.4, -0.2) is 45.8 Å². The summed E-state index contributed by atoms with van der Waals surface area (Å²) in [5.74, 6) is 0.790. The van der Waals surface area contributed by atoms with Crippen molar-refractivity contribution in [2.75, 3.05) is 20.3 Å². The zero-order valence-electron chi connectivity index (χ0n) is 15.6. The summed E-state index contributed by atoms with van der Waals surface area (Å²) in [7, 11) is 1.59. The Hall–Kier alpha value is -3.00. The van der Waals surface area contributed by atoms with Crippen LogP contribution in [0.25, 0.3) is 5.65 Å². The Morgan fingerprint density at radius 2 is 2.04 bits per heavy atom. The number of hydrogen-bond acceptors (Lipinski definition) is 6. The second kappa shape index (κ2) is 8.59. The van der Waals surface area contributed by atoms with Gasteiger partial charge in [-0.2, -0.15) is 0 Å². The lowest BCUT2D eigenvalue weighted by Gasteiger charge is -2.21. The van der Waals surface area contributed by atoms with Gasteiger partial charge in [-0.3, -0.25) is 9.20 Å². The molecule has 0 saturated heterocycles. The van der Waals surface area contributed by atoms with Crippen LogP contribution in [0.5, 0.6) is 5.88 Å². The maximum atomic E-state index is 12.9. The van der Waals surface area contributed by atoms with Crippen molar-refractivity contribution < 1.29 is 14.3 Å². The number of fused-ring (bicyclic) bond motifs is 1. The van der Waals surface area contributed by atoms with Gasteiger partial charge in [-0.1, -0.05) is 19.9 Å². The largest absolute Gasteiger partial charge is 0.475 e. The number of nitrogens with one attached hydrogen (secondary N) is 1. The van der Waals surface area contributed by atoms with E-state index < -0.39 is 0 Å². The molecule has 0 radical (unpaired) electrons. The molecular formula is C19H23N5O3. The highest BCUT2D eigenvalue weighted by Gasteiger charge is 2.25. The number of pyridine rings is 2. The van der Waals surface area contributed by atoms with Gasteiger partial charge in [0.1, 0.15) is 12.2 Å². The van der Waals surface area contributed by atoms with Crippen LogP contribution >= 0.6 is 0 Å². The van der Waals surface area contributed by atoms with Crippen molar-refractivity contribution in [2.45, 2.75) is 19.9 Å². The Kier molecular flexibility index (Phi) is 5.97. The lowest BCUT2D eigenvalue weighted by atomic mass is 10.0. The third kappa shape index (κ3) is 4.22. The molecule has 8 heteroatoms. The van der Waals surface area contributed by atoms with Gasteiger partial charge in [-0.15, -0.1) is 10.2 Å². The van der Waals surface area contributed by atoms with Gasteiger partial charge in [-0.05, 0) is 30.2 Å². The van der Waals surface area contributed by atoms with Crippen LogP contribution in [0.4, 0.5) is 0 Å². The quantitative estimate of drug-likeness (QED) is 0.613. The monoisotopic (exact) mass is 369 g/mol. The minimum atomic E-state index is -0.318. The van der Waals surface area contributed by atoms with Crippen molar-refractivity contribution in [3.05, 3.63) is 54.1 Å². The first-order chi connectivity index (χ1) is 13.1. The summed E-state index contributed by atoms with van der Waals surface area (Å²) in [4.78, 5) is 17.1. The zero-order chi connectivity index (χ0) is 19.2. The number of carbonyl (C=O) groups excluding carboxylic acids is 1. The van der Waals surface area contributed by atoms with E-state index in [4.69, 9.17) is 9.47 Å². The Labute approximate surface area is 157 Å². The third-order valence-electron chi connectivity index (χ3n) is 4.11. The lowest BCUT2D eigenvalue weighted by Crippen LogP contribution is -2.33. The highest BCUT2D eigenvalue weighted by Crippen LogP contribution is 2.23. The molecule has 1 N–H and O–H groups in total. The van der Waals surface area contributed by atoms with E-state index >= 15 is 0 Å². The first kappa shape index (κ1) is 18.8. The van der Waals surface area contributed by atoms with Crippen molar-refractivity contribution in [2.24, 2.45) is 5.92 Å². The van der Waals surface area contributed by atoms with E-state index in [1.165, 1.54) is 0 Å². The minimum Gasteiger partial charge on any atom is -0.475 e. The maximum Gasteiger partial charge on any atom is 0.257 e. The number of ether oxygens (including phenoxy) is 2. The van der Waals surface area contributed by atoms with Crippen LogP contribution in [0.1, 0.15) is 36.1 Å². The van der Waals surface area contributed by atoms with Crippen molar-refractivity contribution in [3.8, 4) is 5.88 Å². The molecule has 1 amide bonds. The standard InChI is InChI=1S/C19H23N5O3/c1-13(2)16(17-23-22-15-8-4-5-10-24(15)17)21-18(25)14-7-6-9-20-19(14)27-12-11-26-3/h4-10,13,16H,11-12H2,1-3H3,(H,21,25)/t16-/m1/s1. The van der Waals surface area contributed by atoms with Gasteiger partial charge in [0, 0.05) is 19.5 Å². The third-order valence-corrected chi connectivity index (χ3v) is 4.11. The molecule has 0 aromatic carbocycles. The summed E-state index contributed by atoms with van der Waals surface area (Å²) in [6, 6.07) is 8.75. The molecule has 0 fully saturated rings. The van der Waals surface area contributed by atoms with Crippen LogP contribution in [-0.2, 0) is 4.74 Å². The number of rotatable bonds is 8. The van der Waals surface area contributed by atoms with E-state index in [2.05, 4.69) is 20.5 Å². The summed E-state index contributed by atoms with van der Waals surface area (Å²) in [6.07, 6.45) is 3.47. The van der Waals surface area contributed by atoms with Gasteiger partial charge in [0.2, 0.25) is 5.88 Å². The molecule has 1 atom stereocenters. The van der Waals surface area contributed by atoms with Gasteiger partial charge < -0.3 is 14.8 Å². The average Bonchev–Trinajstić information content (AvgIpc) is 3.10. The molecule has 3 heterocycles. The zero-order valence-corrected chi connectivity index (χ0v) is 15.6. The molecule has 0 bridgehead atoms. The molecule has 27 heavy (non-hydrogen) atoms. The summed E-state index contributed by atoms with van der Waals surface area (Å²) >= 11 is 0. The number of nitrogens with zero attached hydrogens (tertiary/aromatic N) is 4. The molecule has 0 spiro atoms. The molecular weight excluding hydrogens is 346 g/mol. The summed E-state index contributed by atoms with van der Waals surface area (Å²) < 4.78 is 12.4. The lowest BCUT2D eigenvalue weighted by molar-refractivity contribution is 0.0913. The van der Waals surface area contributed by atoms with E-state index in [-0.39, 0.29) is 23.7 Å². The smallest absolute Gasteiger partial charge is 0.257 e. The number of methoxy groups -OCH3 is 1. The predicted molar refractivity (Wildman–Crippen MR) is 99.6 cm³/mol. The summed E-state index contributed by atoms with van der Waals surface area (Å²) in [6.45, 7) is 4.77. The predicted octanol–water partition coefficient (Wildman–Crippen LogP) is 2.28. The molecule has 8 nitrogen and oxygen atoms in total. The molecule has 0 saturated carbocycles. The topological polar surface area (TPSA) is 90.6 Å².